The van der Waals surface area contributed by atoms with Gasteiger partial charge in [0.15, 0.2) is 0 Å². The van der Waals surface area contributed by atoms with Crippen LogP contribution in [0, 0.1) is 5.92 Å². The van der Waals surface area contributed by atoms with E-state index in [0.29, 0.717) is 11.6 Å². The number of benzene rings is 1. The lowest BCUT2D eigenvalue weighted by atomic mass is 9.99. The van der Waals surface area contributed by atoms with Crippen molar-refractivity contribution in [2.45, 2.75) is 57.7 Å². The van der Waals surface area contributed by atoms with Crippen LogP contribution >= 0.6 is 12.6 Å². The summed E-state index contributed by atoms with van der Waals surface area (Å²) in [7, 11) is 0. The molecule has 33 heavy (non-hydrogen) atoms. The van der Waals surface area contributed by atoms with E-state index in [-0.39, 0.29) is 37.7 Å². The molecule has 3 atom stereocenters. The maximum Gasteiger partial charge on any atom is 0.246 e. The summed E-state index contributed by atoms with van der Waals surface area (Å²) in [6.07, 6.45) is 1.98. The molecule has 1 aromatic carbocycles. The largest absolute Gasteiger partial charge is 0.347 e. The molecule has 0 aromatic heterocycles. The van der Waals surface area contributed by atoms with Crippen LogP contribution in [0.25, 0.3) is 0 Å². The number of imide groups is 1. The van der Waals surface area contributed by atoms with Gasteiger partial charge in [0.2, 0.25) is 29.5 Å². The maximum absolute atomic E-state index is 12.3. The smallest absolute Gasteiger partial charge is 0.246 e. The number of anilines is 1. The molecule has 3 unspecified atom stereocenters. The molecule has 0 spiro atoms. The number of rotatable bonds is 11. The van der Waals surface area contributed by atoms with Crippen molar-refractivity contribution in [2.75, 3.05) is 18.4 Å². The fourth-order valence-corrected chi connectivity index (χ4v) is 3.56. The predicted molar refractivity (Wildman–Crippen MR) is 128 cm³/mol. The van der Waals surface area contributed by atoms with Gasteiger partial charge < -0.3 is 16.0 Å². The molecule has 3 N–H and O–H groups in total. The van der Waals surface area contributed by atoms with Gasteiger partial charge >= 0.3 is 0 Å². The van der Waals surface area contributed by atoms with E-state index in [2.05, 4.69) is 42.4 Å². The second kappa shape index (κ2) is 12.4. The van der Waals surface area contributed by atoms with Crippen LogP contribution in [0.4, 0.5) is 5.69 Å². The number of amides is 5. The molecule has 10 heteroatoms. The summed E-state index contributed by atoms with van der Waals surface area (Å²) in [6, 6.07) is 6.80. The quantitative estimate of drug-likeness (QED) is 0.283. The van der Waals surface area contributed by atoms with E-state index in [4.69, 9.17) is 0 Å². The molecule has 0 saturated carbocycles. The molecule has 9 nitrogen and oxygen atoms in total. The molecule has 1 heterocycles. The number of nitrogens with one attached hydrogen (secondary N) is 3. The van der Waals surface area contributed by atoms with Crippen LogP contribution in [0.5, 0.6) is 0 Å². The zero-order valence-corrected chi connectivity index (χ0v) is 20.1. The number of carbonyl (C=O) groups is 5. The first-order valence-corrected chi connectivity index (χ1v) is 11.6. The topological polar surface area (TPSA) is 125 Å². The zero-order valence-electron chi connectivity index (χ0n) is 19.2. The highest BCUT2D eigenvalue weighted by Gasteiger charge is 2.36. The zero-order chi connectivity index (χ0) is 24.5. The Balaban J connectivity index is 1.70. The lowest BCUT2D eigenvalue weighted by Gasteiger charge is -2.16. The Morgan fingerprint density at radius 3 is 2.36 bits per heavy atom. The highest BCUT2D eigenvalue weighted by atomic mass is 32.1. The van der Waals surface area contributed by atoms with Crippen LogP contribution in [-0.4, -0.2) is 58.8 Å². The number of hydrogen-bond acceptors (Lipinski definition) is 6. The molecular weight excluding hydrogens is 444 g/mol. The second-order valence-corrected chi connectivity index (χ2v) is 8.95. The van der Waals surface area contributed by atoms with E-state index in [1.165, 1.54) is 5.56 Å². The van der Waals surface area contributed by atoms with E-state index < -0.39 is 29.0 Å². The molecule has 1 aromatic rings. The lowest BCUT2D eigenvalue weighted by molar-refractivity contribution is -0.138. The van der Waals surface area contributed by atoms with Crippen molar-refractivity contribution in [3.63, 3.8) is 0 Å². The Morgan fingerprint density at radius 2 is 1.79 bits per heavy atom. The average Bonchev–Trinajstić information content (AvgIpc) is 3.02. The monoisotopic (exact) mass is 476 g/mol. The minimum absolute atomic E-state index is 0.0220. The fraction of sp³-hybridized carbons (Fsp3) is 0.522. The molecule has 2 rings (SSSR count). The van der Waals surface area contributed by atoms with Crippen molar-refractivity contribution in [3.05, 3.63) is 29.8 Å². The van der Waals surface area contributed by atoms with Crippen LogP contribution in [0.1, 0.15) is 45.6 Å². The Hall–Kier alpha value is -2.88. The number of thiol groups is 1. The fourth-order valence-electron chi connectivity index (χ4n) is 3.26. The van der Waals surface area contributed by atoms with Gasteiger partial charge in [-0.05, 0) is 37.0 Å². The number of hydrogen-bond donors (Lipinski definition) is 4. The van der Waals surface area contributed by atoms with E-state index >= 15 is 0 Å². The summed E-state index contributed by atoms with van der Waals surface area (Å²) < 4.78 is 0. The van der Waals surface area contributed by atoms with Crippen LogP contribution in [0.3, 0.4) is 0 Å². The van der Waals surface area contributed by atoms with Crippen molar-refractivity contribution >= 4 is 47.9 Å². The van der Waals surface area contributed by atoms with Gasteiger partial charge in [-0.1, -0.05) is 32.4 Å². The normalized spacial score (nSPS) is 17.5. The van der Waals surface area contributed by atoms with Crippen LogP contribution in [-0.2, 0) is 30.4 Å². The Bertz CT molecular complexity index is 889. The Labute approximate surface area is 199 Å². The first-order valence-electron chi connectivity index (χ1n) is 11.1. The Kier molecular flexibility index (Phi) is 9.90. The van der Waals surface area contributed by atoms with Gasteiger partial charge in [0, 0.05) is 25.1 Å². The van der Waals surface area contributed by atoms with Gasteiger partial charge in [0.25, 0.3) is 0 Å². The van der Waals surface area contributed by atoms with Crippen LogP contribution in [0.15, 0.2) is 24.3 Å². The highest BCUT2D eigenvalue weighted by molar-refractivity contribution is 7.81. The molecule has 1 aliphatic rings. The molecule has 0 aliphatic carbocycles. The van der Waals surface area contributed by atoms with Gasteiger partial charge in [0.05, 0.1) is 11.8 Å². The van der Waals surface area contributed by atoms with E-state index in [1.807, 2.05) is 24.3 Å². The minimum Gasteiger partial charge on any atom is -0.347 e. The standard InChI is InChI=1S/C23H32N4O5S/c1-4-14(2)11-16-5-7-17(8-6-16)26-22(31)15(3)25-20(29)13-24-19(28)9-10-27-21(30)12-18(33)23(27)32/h5-8,14-15,18,33H,4,9-13H2,1-3H3,(H,24,28)(H,25,29)(H,26,31). The summed E-state index contributed by atoms with van der Waals surface area (Å²) in [5.74, 6) is -1.58. The molecular formula is C23H32N4O5S. The molecule has 0 radical (unpaired) electrons. The van der Waals surface area contributed by atoms with Crippen molar-refractivity contribution < 1.29 is 24.0 Å². The predicted octanol–water partition coefficient (Wildman–Crippen LogP) is 1.28. The third-order valence-corrected chi connectivity index (χ3v) is 5.91. The summed E-state index contributed by atoms with van der Waals surface area (Å²) >= 11 is 4.02. The van der Waals surface area contributed by atoms with E-state index in [9.17, 15) is 24.0 Å². The van der Waals surface area contributed by atoms with Gasteiger partial charge in [-0.3, -0.25) is 28.9 Å². The van der Waals surface area contributed by atoms with Crippen LogP contribution < -0.4 is 16.0 Å². The molecule has 1 fully saturated rings. The maximum atomic E-state index is 12.3. The summed E-state index contributed by atoms with van der Waals surface area (Å²) in [4.78, 5) is 60.8. The molecule has 5 amide bonds. The lowest BCUT2D eigenvalue weighted by Crippen LogP contribution is -2.46. The SMILES string of the molecule is CCC(C)Cc1ccc(NC(=O)C(C)NC(=O)CNC(=O)CCN2C(=O)CC(S)C2=O)cc1. The van der Waals surface area contributed by atoms with Crippen molar-refractivity contribution in [2.24, 2.45) is 5.92 Å². The van der Waals surface area contributed by atoms with Crippen molar-refractivity contribution in [1.29, 1.82) is 0 Å². The third kappa shape index (κ3) is 8.20. The van der Waals surface area contributed by atoms with Gasteiger partial charge in [-0.15, -0.1) is 0 Å². The summed E-state index contributed by atoms with van der Waals surface area (Å²) in [5, 5.41) is 7.03. The van der Waals surface area contributed by atoms with Crippen molar-refractivity contribution in [3.8, 4) is 0 Å². The van der Waals surface area contributed by atoms with Gasteiger partial charge in [0.1, 0.15) is 6.04 Å². The highest BCUT2D eigenvalue weighted by Crippen LogP contribution is 2.18. The second-order valence-electron chi connectivity index (χ2n) is 8.32. The van der Waals surface area contributed by atoms with Gasteiger partial charge in [-0.25, -0.2) is 0 Å². The van der Waals surface area contributed by atoms with Crippen LogP contribution in [0.2, 0.25) is 0 Å². The average molecular weight is 477 g/mol. The van der Waals surface area contributed by atoms with E-state index in [1.54, 1.807) is 6.92 Å². The summed E-state index contributed by atoms with van der Waals surface area (Å²) in [6.45, 7) is 5.51. The van der Waals surface area contributed by atoms with Gasteiger partial charge in [-0.2, -0.15) is 12.6 Å². The molecule has 1 aliphatic heterocycles. The number of nitrogens with zero attached hydrogens (tertiary/aromatic N) is 1. The Morgan fingerprint density at radius 1 is 1.12 bits per heavy atom. The number of carbonyl (C=O) groups excluding carboxylic acids is 5. The first kappa shape index (κ1) is 26.4. The minimum atomic E-state index is -0.804. The molecule has 1 saturated heterocycles. The third-order valence-electron chi connectivity index (χ3n) is 5.50. The van der Waals surface area contributed by atoms with Crippen molar-refractivity contribution in [1.82, 2.24) is 15.5 Å². The summed E-state index contributed by atoms with van der Waals surface area (Å²) in [5.41, 5.74) is 1.83. The number of likely N-dealkylation sites (tertiary alicyclic amines) is 1. The van der Waals surface area contributed by atoms with E-state index in [0.717, 1.165) is 17.7 Å². The molecule has 0 bridgehead atoms. The first-order chi connectivity index (χ1) is 15.6. The molecule has 180 valence electrons.